The van der Waals surface area contributed by atoms with E-state index in [1.54, 1.807) is 12.4 Å². The number of aromatic nitrogens is 4. The molecule has 3 rings (SSSR count). The van der Waals surface area contributed by atoms with Crippen LogP contribution in [0.3, 0.4) is 0 Å². The molecule has 0 spiro atoms. The Hall–Kier alpha value is -2.37. The zero-order valence-corrected chi connectivity index (χ0v) is 10.2. The highest BCUT2D eigenvalue weighted by atomic mass is 16.5. The molecule has 0 saturated carbocycles. The Kier molecular flexibility index (Phi) is 2.29. The molecule has 18 heavy (non-hydrogen) atoms. The van der Waals surface area contributed by atoms with Crippen molar-refractivity contribution in [1.29, 1.82) is 0 Å². The molecule has 0 aromatic carbocycles. The van der Waals surface area contributed by atoms with Crippen LogP contribution in [0.15, 0.2) is 23.0 Å². The fourth-order valence-electron chi connectivity index (χ4n) is 2.05. The van der Waals surface area contributed by atoms with Gasteiger partial charge in [0.2, 0.25) is 5.95 Å². The zero-order chi connectivity index (χ0) is 12.7. The maximum atomic E-state index is 5.94. The van der Waals surface area contributed by atoms with Gasteiger partial charge in [0.05, 0.1) is 24.0 Å². The van der Waals surface area contributed by atoms with Crippen LogP contribution >= 0.6 is 0 Å². The number of imidazole rings is 1. The molecule has 2 N–H and O–H groups in total. The minimum absolute atomic E-state index is 0.470. The van der Waals surface area contributed by atoms with Crippen molar-refractivity contribution in [1.82, 2.24) is 19.7 Å². The molecule has 3 heterocycles. The van der Waals surface area contributed by atoms with Crippen molar-refractivity contribution in [3.8, 4) is 0 Å². The lowest BCUT2D eigenvalue weighted by Gasteiger charge is -2.05. The molecular formula is C12H13N5O. The standard InChI is InChI=1S/C12H13N5O/c1-7-9(8(2)18-16-7)6-17-11-3-4-14-5-10(11)15-12(17)13/h3-5H,6H2,1-2H3,(H2,13,15). The van der Waals surface area contributed by atoms with Gasteiger partial charge in [-0.25, -0.2) is 4.98 Å². The SMILES string of the molecule is Cc1noc(C)c1Cn1c(N)nc2cnccc21. The molecule has 0 aliphatic carbocycles. The molecule has 0 bridgehead atoms. The second-order valence-corrected chi connectivity index (χ2v) is 4.22. The summed E-state index contributed by atoms with van der Waals surface area (Å²) in [6, 6.07) is 1.90. The van der Waals surface area contributed by atoms with Gasteiger partial charge >= 0.3 is 0 Å². The molecule has 3 aromatic rings. The smallest absolute Gasteiger partial charge is 0.201 e. The number of pyridine rings is 1. The Morgan fingerprint density at radius 3 is 2.94 bits per heavy atom. The third kappa shape index (κ3) is 1.54. The summed E-state index contributed by atoms with van der Waals surface area (Å²) >= 11 is 0. The first kappa shape index (κ1) is 10.8. The van der Waals surface area contributed by atoms with E-state index >= 15 is 0 Å². The molecule has 0 unspecified atom stereocenters. The highest BCUT2D eigenvalue weighted by Crippen LogP contribution is 2.21. The summed E-state index contributed by atoms with van der Waals surface area (Å²) in [6.45, 7) is 4.42. The average Bonchev–Trinajstić information content (AvgIpc) is 2.84. The minimum Gasteiger partial charge on any atom is -0.369 e. The number of nitrogens with two attached hydrogens (primary N) is 1. The Bertz CT molecular complexity index is 693. The van der Waals surface area contributed by atoms with Gasteiger partial charge < -0.3 is 14.8 Å². The highest BCUT2D eigenvalue weighted by molar-refractivity contribution is 5.77. The van der Waals surface area contributed by atoms with E-state index in [-0.39, 0.29) is 0 Å². The predicted molar refractivity (Wildman–Crippen MR) is 67.0 cm³/mol. The van der Waals surface area contributed by atoms with Crippen LogP contribution in [0.2, 0.25) is 0 Å². The molecule has 0 saturated heterocycles. The van der Waals surface area contributed by atoms with Gasteiger partial charge in [0.15, 0.2) is 0 Å². The Morgan fingerprint density at radius 1 is 1.39 bits per heavy atom. The number of rotatable bonds is 2. The van der Waals surface area contributed by atoms with E-state index in [4.69, 9.17) is 10.3 Å². The van der Waals surface area contributed by atoms with Crippen molar-refractivity contribution in [2.75, 3.05) is 5.73 Å². The quantitative estimate of drug-likeness (QED) is 0.740. The predicted octanol–water partition coefficient (Wildman–Crippen LogP) is 1.67. The first-order valence-corrected chi connectivity index (χ1v) is 5.64. The van der Waals surface area contributed by atoms with E-state index in [0.717, 1.165) is 28.1 Å². The van der Waals surface area contributed by atoms with E-state index < -0.39 is 0 Å². The number of hydrogen-bond donors (Lipinski definition) is 1. The van der Waals surface area contributed by atoms with E-state index in [0.29, 0.717) is 12.5 Å². The van der Waals surface area contributed by atoms with Gasteiger partial charge in [-0.15, -0.1) is 0 Å². The Morgan fingerprint density at radius 2 is 2.22 bits per heavy atom. The summed E-state index contributed by atoms with van der Waals surface area (Å²) < 4.78 is 7.09. The molecule has 6 nitrogen and oxygen atoms in total. The van der Waals surface area contributed by atoms with Crippen molar-refractivity contribution in [2.24, 2.45) is 0 Å². The summed E-state index contributed by atoms with van der Waals surface area (Å²) in [5.74, 6) is 1.28. The van der Waals surface area contributed by atoms with Crippen LogP contribution < -0.4 is 5.73 Å². The number of aryl methyl sites for hydroxylation is 2. The molecule has 6 heteroatoms. The van der Waals surface area contributed by atoms with Gasteiger partial charge in [-0.05, 0) is 19.9 Å². The normalized spacial score (nSPS) is 11.2. The van der Waals surface area contributed by atoms with Gasteiger partial charge in [-0.1, -0.05) is 5.16 Å². The third-order valence-corrected chi connectivity index (χ3v) is 3.08. The summed E-state index contributed by atoms with van der Waals surface area (Å²) in [4.78, 5) is 8.32. The van der Waals surface area contributed by atoms with Crippen molar-refractivity contribution < 1.29 is 4.52 Å². The van der Waals surface area contributed by atoms with E-state index in [1.807, 2.05) is 24.5 Å². The molecule has 0 radical (unpaired) electrons. The fraction of sp³-hybridized carbons (Fsp3) is 0.250. The van der Waals surface area contributed by atoms with Crippen LogP contribution in [-0.4, -0.2) is 19.7 Å². The molecule has 0 aliphatic heterocycles. The topological polar surface area (TPSA) is 82.8 Å². The van der Waals surface area contributed by atoms with Crippen molar-refractivity contribution in [3.63, 3.8) is 0 Å². The van der Waals surface area contributed by atoms with E-state index in [2.05, 4.69) is 15.1 Å². The first-order chi connectivity index (χ1) is 8.66. The molecular weight excluding hydrogens is 230 g/mol. The maximum Gasteiger partial charge on any atom is 0.201 e. The van der Waals surface area contributed by atoms with Crippen molar-refractivity contribution in [2.45, 2.75) is 20.4 Å². The van der Waals surface area contributed by atoms with Crippen LogP contribution in [0.25, 0.3) is 11.0 Å². The van der Waals surface area contributed by atoms with Gasteiger partial charge in [-0.3, -0.25) is 4.98 Å². The van der Waals surface area contributed by atoms with Crippen molar-refractivity contribution >= 4 is 17.0 Å². The minimum atomic E-state index is 0.470. The number of fused-ring (bicyclic) bond motifs is 1. The lowest BCUT2D eigenvalue weighted by molar-refractivity contribution is 0.392. The lowest BCUT2D eigenvalue weighted by atomic mass is 10.2. The van der Waals surface area contributed by atoms with Crippen LogP contribution in [-0.2, 0) is 6.54 Å². The Labute approximate surface area is 103 Å². The summed E-state index contributed by atoms with van der Waals surface area (Å²) in [7, 11) is 0. The average molecular weight is 243 g/mol. The molecule has 0 amide bonds. The van der Waals surface area contributed by atoms with Gasteiger partial charge in [0.1, 0.15) is 11.3 Å². The third-order valence-electron chi connectivity index (χ3n) is 3.08. The molecule has 0 aliphatic rings. The van der Waals surface area contributed by atoms with Crippen LogP contribution in [0.1, 0.15) is 17.0 Å². The second kappa shape index (κ2) is 3.83. The Balaban J connectivity index is 2.13. The monoisotopic (exact) mass is 243 g/mol. The largest absolute Gasteiger partial charge is 0.369 e. The fourth-order valence-corrected chi connectivity index (χ4v) is 2.05. The van der Waals surface area contributed by atoms with Crippen LogP contribution in [0.5, 0.6) is 0 Å². The van der Waals surface area contributed by atoms with Crippen LogP contribution in [0, 0.1) is 13.8 Å². The van der Waals surface area contributed by atoms with Crippen LogP contribution in [0.4, 0.5) is 5.95 Å². The maximum absolute atomic E-state index is 5.94. The molecule has 92 valence electrons. The first-order valence-electron chi connectivity index (χ1n) is 5.64. The molecule has 0 fully saturated rings. The lowest BCUT2D eigenvalue weighted by Crippen LogP contribution is -2.05. The van der Waals surface area contributed by atoms with Gasteiger partial charge in [0.25, 0.3) is 0 Å². The highest BCUT2D eigenvalue weighted by Gasteiger charge is 2.14. The van der Waals surface area contributed by atoms with E-state index in [1.165, 1.54) is 0 Å². The van der Waals surface area contributed by atoms with Gasteiger partial charge in [0, 0.05) is 11.8 Å². The summed E-state index contributed by atoms with van der Waals surface area (Å²) in [5, 5.41) is 3.94. The van der Waals surface area contributed by atoms with Crippen molar-refractivity contribution in [3.05, 3.63) is 35.5 Å². The number of anilines is 1. The summed E-state index contributed by atoms with van der Waals surface area (Å²) in [5.41, 5.74) is 9.61. The number of nitrogen functional groups attached to an aromatic ring is 1. The number of hydrogen-bond acceptors (Lipinski definition) is 5. The summed E-state index contributed by atoms with van der Waals surface area (Å²) in [6.07, 6.45) is 3.43. The van der Waals surface area contributed by atoms with Gasteiger partial charge in [-0.2, -0.15) is 0 Å². The molecule has 0 atom stereocenters. The molecule has 3 aromatic heterocycles. The number of nitrogens with zero attached hydrogens (tertiary/aromatic N) is 4. The zero-order valence-electron chi connectivity index (χ0n) is 10.2. The van der Waals surface area contributed by atoms with E-state index in [9.17, 15) is 0 Å². The second-order valence-electron chi connectivity index (χ2n) is 4.22.